The van der Waals surface area contributed by atoms with Gasteiger partial charge in [-0.1, -0.05) is 6.07 Å². The first-order valence-electron chi connectivity index (χ1n) is 4.70. The van der Waals surface area contributed by atoms with E-state index in [1.165, 1.54) is 0 Å². The van der Waals surface area contributed by atoms with Crippen molar-refractivity contribution in [2.45, 2.75) is 13.5 Å². The lowest BCUT2D eigenvalue weighted by Gasteiger charge is -2.03. The van der Waals surface area contributed by atoms with E-state index >= 15 is 0 Å². The van der Waals surface area contributed by atoms with Gasteiger partial charge in [-0.15, -0.1) is 0 Å². The number of anilines is 1. The van der Waals surface area contributed by atoms with Gasteiger partial charge in [0.25, 0.3) is 0 Å². The van der Waals surface area contributed by atoms with Crippen LogP contribution in [-0.2, 0) is 6.54 Å². The number of rotatable bonds is 3. The molecule has 0 fully saturated rings. The Labute approximate surface area is 87.9 Å². The predicted octanol–water partition coefficient (Wildman–Crippen LogP) is 0.920. The Morgan fingerprint density at radius 1 is 1.40 bits per heavy atom. The van der Waals surface area contributed by atoms with Gasteiger partial charge < -0.3 is 5.43 Å². The molecule has 0 atom stereocenters. The van der Waals surface area contributed by atoms with Gasteiger partial charge in [0.2, 0.25) is 0 Å². The van der Waals surface area contributed by atoms with Gasteiger partial charge in [0.05, 0.1) is 17.9 Å². The Hall–Kier alpha value is -1.88. The van der Waals surface area contributed by atoms with Gasteiger partial charge >= 0.3 is 0 Å². The second-order valence-electron chi connectivity index (χ2n) is 3.31. The molecule has 0 unspecified atom stereocenters. The van der Waals surface area contributed by atoms with Crippen molar-refractivity contribution in [3.8, 4) is 0 Å². The number of hydrogen-bond acceptors (Lipinski definition) is 4. The van der Waals surface area contributed by atoms with Crippen LogP contribution >= 0.6 is 0 Å². The Bertz CT molecular complexity index is 449. The lowest BCUT2D eigenvalue weighted by atomic mass is 10.3. The van der Waals surface area contributed by atoms with Crippen LogP contribution in [0.25, 0.3) is 0 Å². The molecule has 2 aromatic heterocycles. The lowest BCUT2D eigenvalue weighted by Crippen LogP contribution is -2.10. The molecule has 2 heterocycles. The normalized spacial score (nSPS) is 10.3. The molecule has 15 heavy (non-hydrogen) atoms. The molecular weight excluding hydrogens is 190 g/mol. The fraction of sp³-hybridized carbons (Fsp3) is 0.200. The standard InChI is InChI=1S/C10H13N5/c1-8-5-6-15(14-8)7-9-3-2-4-10(12-9)13-11/h2-6H,7,11H2,1H3,(H,12,13). The number of aryl methyl sites for hydroxylation is 1. The number of hydrogen-bond donors (Lipinski definition) is 2. The van der Waals surface area contributed by atoms with Crippen LogP contribution in [0.4, 0.5) is 5.82 Å². The molecule has 2 aromatic rings. The number of pyridine rings is 1. The summed E-state index contributed by atoms with van der Waals surface area (Å²) in [5, 5.41) is 4.29. The Balaban J connectivity index is 2.16. The van der Waals surface area contributed by atoms with Crippen molar-refractivity contribution in [2.75, 3.05) is 5.43 Å². The zero-order valence-corrected chi connectivity index (χ0v) is 8.51. The third kappa shape index (κ3) is 2.32. The molecule has 0 aromatic carbocycles. The summed E-state index contributed by atoms with van der Waals surface area (Å²) in [4.78, 5) is 4.30. The highest BCUT2D eigenvalue weighted by Gasteiger charge is 1.99. The summed E-state index contributed by atoms with van der Waals surface area (Å²) in [6, 6.07) is 7.63. The molecule has 5 heteroatoms. The van der Waals surface area contributed by atoms with Gasteiger partial charge in [0.1, 0.15) is 5.82 Å². The predicted molar refractivity (Wildman–Crippen MR) is 58.1 cm³/mol. The van der Waals surface area contributed by atoms with Gasteiger partial charge in [-0.05, 0) is 25.1 Å². The van der Waals surface area contributed by atoms with Crippen molar-refractivity contribution in [3.63, 3.8) is 0 Å². The lowest BCUT2D eigenvalue weighted by molar-refractivity contribution is 0.666. The van der Waals surface area contributed by atoms with E-state index < -0.39 is 0 Å². The highest BCUT2D eigenvalue weighted by molar-refractivity contribution is 5.33. The zero-order chi connectivity index (χ0) is 10.7. The summed E-state index contributed by atoms with van der Waals surface area (Å²) in [6.45, 7) is 2.62. The van der Waals surface area contributed by atoms with Crippen LogP contribution in [-0.4, -0.2) is 14.8 Å². The summed E-state index contributed by atoms with van der Waals surface area (Å²) in [5.74, 6) is 5.94. The number of nitrogen functional groups attached to an aromatic ring is 1. The monoisotopic (exact) mass is 203 g/mol. The van der Waals surface area contributed by atoms with E-state index in [1.54, 1.807) is 0 Å². The SMILES string of the molecule is Cc1ccn(Cc2cccc(NN)n2)n1. The zero-order valence-electron chi connectivity index (χ0n) is 8.51. The van der Waals surface area contributed by atoms with Gasteiger partial charge in [-0.2, -0.15) is 5.10 Å². The summed E-state index contributed by atoms with van der Waals surface area (Å²) in [6.07, 6.45) is 1.93. The quantitative estimate of drug-likeness (QED) is 0.575. The molecule has 0 bridgehead atoms. The fourth-order valence-electron chi connectivity index (χ4n) is 1.37. The number of nitrogens with zero attached hydrogens (tertiary/aromatic N) is 3. The maximum atomic E-state index is 5.28. The van der Waals surface area contributed by atoms with E-state index in [1.807, 2.05) is 42.1 Å². The third-order valence-corrected chi connectivity index (χ3v) is 2.05. The molecule has 5 nitrogen and oxygen atoms in total. The first kappa shape index (κ1) is 9.67. The van der Waals surface area contributed by atoms with Gasteiger partial charge in [-0.25, -0.2) is 10.8 Å². The van der Waals surface area contributed by atoms with E-state index in [9.17, 15) is 0 Å². The van der Waals surface area contributed by atoms with Crippen LogP contribution in [0.3, 0.4) is 0 Å². The minimum atomic E-state index is 0.656. The van der Waals surface area contributed by atoms with Gasteiger partial charge in [0.15, 0.2) is 0 Å². The van der Waals surface area contributed by atoms with E-state index in [4.69, 9.17) is 5.84 Å². The highest BCUT2D eigenvalue weighted by atomic mass is 15.3. The van der Waals surface area contributed by atoms with E-state index in [-0.39, 0.29) is 0 Å². The molecule has 0 aliphatic heterocycles. The molecule has 0 saturated heterocycles. The van der Waals surface area contributed by atoms with Crippen LogP contribution in [0, 0.1) is 6.92 Å². The summed E-state index contributed by atoms with van der Waals surface area (Å²) in [5.41, 5.74) is 4.45. The average Bonchev–Trinajstić information content (AvgIpc) is 2.64. The Morgan fingerprint density at radius 3 is 2.93 bits per heavy atom. The van der Waals surface area contributed by atoms with Crippen LogP contribution in [0.2, 0.25) is 0 Å². The van der Waals surface area contributed by atoms with Crippen LogP contribution in [0.1, 0.15) is 11.4 Å². The number of nitrogens with one attached hydrogen (secondary N) is 1. The molecule has 0 aliphatic carbocycles. The van der Waals surface area contributed by atoms with Crippen molar-refractivity contribution < 1.29 is 0 Å². The molecule has 78 valence electrons. The Morgan fingerprint density at radius 2 is 2.27 bits per heavy atom. The average molecular weight is 203 g/mol. The van der Waals surface area contributed by atoms with E-state index in [0.717, 1.165) is 11.4 Å². The number of hydrazine groups is 1. The fourth-order valence-corrected chi connectivity index (χ4v) is 1.37. The number of aromatic nitrogens is 3. The molecule has 0 amide bonds. The van der Waals surface area contributed by atoms with Crippen molar-refractivity contribution >= 4 is 5.82 Å². The second-order valence-corrected chi connectivity index (χ2v) is 3.31. The minimum absolute atomic E-state index is 0.656. The number of nitrogens with two attached hydrogens (primary N) is 1. The molecule has 0 radical (unpaired) electrons. The Kier molecular flexibility index (Phi) is 2.64. The van der Waals surface area contributed by atoms with Crippen molar-refractivity contribution in [3.05, 3.63) is 41.9 Å². The molecule has 0 aliphatic rings. The van der Waals surface area contributed by atoms with E-state index in [0.29, 0.717) is 12.4 Å². The second kappa shape index (κ2) is 4.10. The first-order valence-corrected chi connectivity index (χ1v) is 4.70. The van der Waals surface area contributed by atoms with E-state index in [2.05, 4.69) is 15.5 Å². The maximum Gasteiger partial charge on any atom is 0.140 e. The van der Waals surface area contributed by atoms with Crippen molar-refractivity contribution in [1.29, 1.82) is 0 Å². The third-order valence-electron chi connectivity index (χ3n) is 2.05. The largest absolute Gasteiger partial charge is 0.308 e. The van der Waals surface area contributed by atoms with Crippen molar-refractivity contribution in [1.82, 2.24) is 14.8 Å². The summed E-state index contributed by atoms with van der Waals surface area (Å²) in [7, 11) is 0. The van der Waals surface area contributed by atoms with Gasteiger partial charge in [-0.3, -0.25) is 4.68 Å². The minimum Gasteiger partial charge on any atom is -0.308 e. The first-order chi connectivity index (χ1) is 7.28. The smallest absolute Gasteiger partial charge is 0.140 e. The highest BCUT2D eigenvalue weighted by Crippen LogP contribution is 2.05. The van der Waals surface area contributed by atoms with Crippen molar-refractivity contribution in [2.24, 2.45) is 5.84 Å². The molecular formula is C10H13N5. The molecule has 2 rings (SSSR count). The summed E-state index contributed by atoms with van der Waals surface area (Å²) >= 11 is 0. The molecule has 0 spiro atoms. The topological polar surface area (TPSA) is 68.8 Å². The summed E-state index contributed by atoms with van der Waals surface area (Å²) < 4.78 is 1.85. The maximum absolute atomic E-state index is 5.28. The van der Waals surface area contributed by atoms with Crippen LogP contribution < -0.4 is 11.3 Å². The van der Waals surface area contributed by atoms with Gasteiger partial charge in [0, 0.05) is 6.20 Å². The van der Waals surface area contributed by atoms with Crippen LogP contribution in [0.5, 0.6) is 0 Å². The van der Waals surface area contributed by atoms with Crippen LogP contribution in [0.15, 0.2) is 30.5 Å². The molecule has 3 N–H and O–H groups in total. The molecule has 0 saturated carbocycles.